The van der Waals surface area contributed by atoms with Gasteiger partial charge >= 0.3 is 5.97 Å². The Kier molecular flexibility index (Phi) is 4.40. The van der Waals surface area contributed by atoms with Gasteiger partial charge in [-0.25, -0.2) is 9.18 Å². The van der Waals surface area contributed by atoms with Gasteiger partial charge in [-0.15, -0.1) is 0 Å². The van der Waals surface area contributed by atoms with Crippen LogP contribution in [-0.2, 0) is 0 Å². The summed E-state index contributed by atoms with van der Waals surface area (Å²) in [6, 6.07) is 4.43. The monoisotopic (exact) mass is 265 g/mol. The molecule has 0 radical (unpaired) electrons. The second-order valence-corrected chi connectivity index (χ2v) is 5.04. The Hall–Kier alpha value is -1.58. The van der Waals surface area contributed by atoms with Gasteiger partial charge in [-0.1, -0.05) is 19.3 Å². The first kappa shape index (κ1) is 13.8. The minimum Gasteiger partial charge on any atom is -0.478 e. The van der Waals surface area contributed by atoms with E-state index in [0.717, 1.165) is 25.5 Å². The van der Waals surface area contributed by atoms with Gasteiger partial charge in [0.1, 0.15) is 5.82 Å². The van der Waals surface area contributed by atoms with Crippen molar-refractivity contribution in [1.82, 2.24) is 0 Å². The SMILES string of the molecule is CCN(c1ccc(F)cc1C(=O)O)C1CCCCC1. The van der Waals surface area contributed by atoms with E-state index in [0.29, 0.717) is 11.7 Å². The fourth-order valence-electron chi connectivity index (χ4n) is 2.95. The molecule has 0 spiro atoms. The van der Waals surface area contributed by atoms with Crippen LogP contribution in [-0.4, -0.2) is 23.7 Å². The molecule has 1 aliphatic rings. The quantitative estimate of drug-likeness (QED) is 0.902. The van der Waals surface area contributed by atoms with Crippen LogP contribution in [0.5, 0.6) is 0 Å². The Labute approximate surface area is 113 Å². The highest BCUT2D eigenvalue weighted by Crippen LogP contribution is 2.30. The third kappa shape index (κ3) is 3.06. The Morgan fingerprint density at radius 3 is 2.63 bits per heavy atom. The molecule has 0 bridgehead atoms. The number of halogens is 1. The van der Waals surface area contributed by atoms with Crippen LogP contribution in [0.1, 0.15) is 49.4 Å². The molecule has 4 heteroatoms. The van der Waals surface area contributed by atoms with Crippen LogP contribution >= 0.6 is 0 Å². The van der Waals surface area contributed by atoms with Crippen LogP contribution in [0.25, 0.3) is 0 Å². The molecule has 104 valence electrons. The second kappa shape index (κ2) is 6.04. The summed E-state index contributed by atoms with van der Waals surface area (Å²) in [5.41, 5.74) is 0.704. The van der Waals surface area contributed by atoms with Gasteiger partial charge in [-0.05, 0) is 38.0 Å². The Bertz CT molecular complexity index is 455. The number of carbonyl (C=O) groups is 1. The lowest BCUT2D eigenvalue weighted by molar-refractivity contribution is 0.0697. The number of hydrogen-bond acceptors (Lipinski definition) is 2. The third-order valence-corrected chi connectivity index (χ3v) is 3.85. The molecule has 1 fully saturated rings. The number of anilines is 1. The summed E-state index contributed by atoms with van der Waals surface area (Å²) in [6.07, 6.45) is 5.80. The minimum absolute atomic E-state index is 0.0624. The van der Waals surface area contributed by atoms with E-state index >= 15 is 0 Å². The highest BCUT2D eigenvalue weighted by atomic mass is 19.1. The summed E-state index contributed by atoms with van der Waals surface area (Å²) in [6.45, 7) is 2.76. The fraction of sp³-hybridized carbons (Fsp3) is 0.533. The predicted molar refractivity (Wildman–Crippen MR) is 73.3 cm³/mol. The average molecular weight is 265 g/mol. The number of carboxylic acids is 1. The van der Waals surface area contributed by atoms with Crippen molar-refractivity contribution in [3.8, 4) is 0 Å². The van der Waals surface area contributed by atoms with Gasteiger partial charge in [0.15, 0.2) is 0 Å². The highest BCUT2D eigenvalue weighted by molar-refractivity contribution is 5.94. The summed E-state index contributed by atoms with van der Waals surface area (Å²) >= 11 is 0. The highest BCUT2D eigenvalue weighted by Gasteiger charge is 2.24. The van der Waals surface area contributed by atoms with Gasteiger partial charge < -0.3 is 10.0 Å². The molecule has 0 heterocycles. The van der Waals surface area contributed by atoms with Gasteiger partial charge in [-0.3, -0.25) is 0 Å². The van der Waals surface area contributed by atoms with Crippen LogP contribution < -0.4 is 4.90 Å². The zero-order valence-electron chi connectivity index (χ0n) is 11.2. The summed E-state index contributed by atoms with van der Waals surface area (Å²) in [5, 5.41) is 9.24. The Morgan fingerprint density at radius 2 is 2.05 bits per heavy atom. The van der Waals surface area contributed by atoms with Crippen molar-refractivity contribution in [2.45, 2.75) is 45.1 Å². The molecule has 1 aliphatic carbocycles. The summed E-state index contributed by atoms with van der Waals surface area (Å²) in [7, 11) is 0. The molecule has 0 aliphatic heterocycles. The van der Waals surface area contributed by atoms with Crippen molar-refractivity contribution in [1.29, 1.82) is 0 Å². The smallest absolute Gasteiger partial charge is 0.337 e. The normalized spacial score (nSPS) is 16.3. The van der Waals surface area contributed by atoms with Crippen LogP contribution in [0.3, 0.4) is 0 Å². The fourth-order valence-corrected chi connectivity index (χ4v) is 2.95. The number of benzene rings is 1. The molecule has 19 heavy (non-hydrogen) atoms. The van der Waals surface area contributed by atoms with E-state index in [4.69, 9.17) is 0 Å². The molecule has 0 saturated heterocycles. The summed E-state index contributed by atoms with van der Waals surface area (Å²) in [5.74, 6) is -1.57. The van der Waals surface area contributed by atoms with Crippen molar-refractivity contribution in [3.63, 3.8) is 0 Å². The van der Waals surface area contributed by atoms with Gasteiger partial charge in [0.05, 0.1) is 11.3 Å². The maximum atomic E-state index is 13.2. The lowest BCUT2D eigenvalue weighted by Crippen LogP contribution is -2.37. The molecule has 1 aromatic carbocycles. The van der Waals surface area contributed by atoms with E-state index in [2.05, 4.69) is 4.90 Å². The molecule has 0 amide bonds. The van der Waals surface area contributed by atoms with Crippen molar-refractivity contribution in [2.75, 3.05) is 11.4 Å². The largest absolute Gasteiger partial charge is 0.478 e. The molecular formula is C15H20FNO2. The van der Waals surface area contributed by atoms with Crippen LogP contribution in [0.2, 0.25) is 0 Å². The van der Waals surface area contributed by atoms with E-state index in [1.54, 1.807) is 6.07 Å². The molecule has 1 N–H and O–H groups in total. The standard InChI is InChI=1S/C15H20FNO2/c1-2-17(12-6-4-3-5-7-12)14-9-8-11(16)10-13(14)15(18)19/h8-10,12H,2-7H2,1H3,(H,18,19). The molecular weight excluding hydrogens is 245 g/mol. The van der Waals surface area contributed by atoms with Crippen molar-refractivity contribution in [3.05, 3.63) is 29.6 Å². The first-order chi connectivity index (χ1) is 9.13. The van der Waals surface area contributed by atoms with Crippen LogP contribution in [0, 0.1) is 5.82 Å². The van der Waals surface area contributed by atoms with Crippen molar-refractivity contribution >= 4 is 11.7 Å². The lowest BCUT2D eigenvalue weighted by atomic mass is 9.93. The maximum absolute atomic E-state index is 13.2. The van der Waals surface area contributed by atoms with Crippen LogP contribution in [0.15, 0.2) is 18.2 Å². The molecule has 0 unspecified atom stereocenters. The van der Waals surface area contributed by atoms with Gasteiger partial charge in [0.25, 0.3) is 0 Å². The maximum Gasteiger partial charge on any atom is 0.337 e. The van der Waals surface area contributed by atoms with E-state index in [1.165, 1.54) is 25.3 Å². The van der Waals surface area contributed by atoms with Gasteiger partial charge in [-0.2, -0.15) is 0 Å². The Morgan fingerprint density at radius 1 is 1.37 bits per heavy atom. The number of aromatic carboxylic acids is 1. The molecule has 1 aromatic rings. The number of nitrogens with zero attached hydrogens (tertiary/aromatic N) is 1. The lowest BCUT2D eigenvalue weighted by Gasteiger charge is -2.36. The minimum atomic E-state index is -1.07. The molecule has 2 rings (SSSR count). The first-order valence-corrected chi connectivity index (χ1v) is 6.93. The first-order valence-electron chi connectivity index (χ1n) is 6.93. The zero-order chi connectivity index (χ0) is 13.8. The average Bonchev–Trinajstić information content (AvgIpc) is 2.42. The van der Waals surface area contributed by atoms with Gasteiger partial charge in [0, 0.05) is 12.6 Å². The second-order valence-electron chi connectivity index (χ2n) is 5.04. The summed E-state index contributed by atoms with van der Waals surface area (Å²) in [4.78, 5) is 13.4. The molecule has 3 nitrogen and oxygen atoms in total. The topological polar surface area (TPSA) is 40.5 Å². The van der Waals surface area contributed by atoms with E-state index in [-0.39, 0.29) is 5.56 Å². The van der Waals surface area contributed by atoms with Gasteiger partial charge in [0.2, 0.25) is 0 Å². The van der Waals surface area contributed by atoms with E-state index < -0.39 is 11.8 Å². The van der Waals surface area contributed by atoms with Crippen molar-refractivity contribution < 1.29 is 14.3 Å². The zero-order valence-corrected chi connectivity index (χ0v) is 11.2. The predicted octanol–water partition coefficient (Wildman–Crippen LogP) is 3.68. The Balaban J connectivity index is 2.34. The molecule has 0 atom stereocenters. The molecule has 0 aromatic heterocycles. The number of hydrogen-bond donors (Lipinski definition) is 1. The molecule has 1 saturated carbocycles. The van der Waals surface area contributed by atoms with Crippen molar-refractivity contribution in [2.24, 2.45) is 0 Å². The summed E-state index contributed by atoms with van der Waals surface area (Å²) < 4.78 is 13.2. The number of carboxylic acid groups (broad SMARTS) is 1. The third-order valence-electron chi connectivity index (χ3n) is 3.85. The van der Waals surface area contributed by atoms with E-state index in [1.807, 2.05) is 6.92 Å². The van der Waals surface area contributed by atoms with E-state index in [9.17, 15) is 14.3 Å². The van der Waals surface area contributed by atoms with Crippen LogP contribution in [0.4, 0.5) is 10.1 Å². The number of rotatable bonds is 4.